The van der Waals surface area contributed by atoms with E-state index in [0.717, 1.165) is 0 Å². The first-order chi connectivity index (χ1) is 9.72. The summed E-state index contributed by atoms with van der Waals surface area (Å²) in [5.41, 5.74) is 0.672. The molecule has 1 heterocycles. The van der Waals surface area contributed by atoms with E-state index in [0.29, 0.717) is 31.7 Å². The van der Waals surface area contributed by atoms with Crippen LogP contribution in [0.25, 0.3) is 0 Å². The lowest BCUT2D eigenvalue weighted by atomic mass is 10.2. The monoisotopic (exact) mass is 296 g/mol. The standard InChI is InChI=1S/C14H17ClN2O3/c15-6-11-20-14(19)17-9-7-16(8-10-17)13(18)12-4-2-1-3-5-12/h1-5H,6-11H2. The van der Waals surface area contributed by atoms with Gasteiger partial charge in [-0.25, -0.2) is 4.79 Å². The van der Waals surface area contributed by atoms with E-state index in [1.165, 1.54) is 0 Å². The summed E-state index contributed by atoms with van der Waals surface area (Å²) in [6, 6.07) is 9.15. The van der Waals surface area contributed by atoms with Crippen molar-refractivity contribution >= 4 is 23.6 Å². The van der Waals surface area contributed by atoms with Crippen LogP contribution in [-0.2, 0) is 4.74 Å². The van der Waals surface area contributed by atoms with Gasteiger partial charge in [0.1, 0.15) is 6.61 Å². The summed E-state index contributed by atoms with van der Waals surface area (Å²) in [5, 5.41) is 0. The van der Waals surface area contributed by atoms with Crippen LogP contribution in [0.2, 0.25) is 0 Å². The van der Waals surface area contributed by atoms with Crippen LogP contribution in [0, 0.1) is 0 Å². The van der Waals surface area contributed by atoms with Gasteiger partial charge in [0.2, 0.25) is 0 Å². The van der Waals surface area contributed by atoms with Crippen LogP contribution in [0.5, 0.6) is 0 Å². The number of ether oxygens (including phenoxy) is 1. The van der Waals surface area contributed by atoms with Gasteiger partial charge < -0.3 is 14.5 Å². The van der Waals surface area contributed by atoms with Crippen molar-refractivity contribution in [3.63, 3.8) is 0 Å². The molecule has 1 aromatic carbocycles. The fourth-order valence-corrected chi connectivity index (χ4v) is 2.15. The molecule has 20 heavy (non-hydrogen) atoms. The highest BCUT2D eigenvalue weighted by Gasteiger charge is 2.25. The van der Waals surface area contributed by atoms with Crippen LogP contribution in [0.1, 0.15) is 10.4 Å². The fourth-order valence-electron chi connectivity index (χ4n) is 2.07. The molecule has 2 rings (SSSR count). The van der Waals surface area contributed by atoms with Crippen molar-refractivity contribution in [3.05, 3.63) is 35.9 Å². The number of halogens is 1. The molecular formula is C14H17ClN2O3. The number of hydrogen-bond donors (Lipinski definition) is 0. The van der Waals surface area contributed by atoms with E-state index in [4.69, 9.17) is 16.3 Å². The highest BCUT2D eigenvalue weighted by atomic mass is 35.5. The second kappa shape index (κ2) is 7.14. The fraction of sp³-hybridized carbons (Fsp3) is 0.429. The number of benzene rings is 1. The molecule has 6 heteroatoms. The maximum atomic E-state index is 12.2. The third kappa shape index (κ3) is 3.63. The topological polar surface area (TPSA) is 49.9 Å². The Balaban J connectivity index is 1.85. The van der Waals surface area contributed by atoms with Gasteiger partial charge in [-0.05, 0) is 12.1 Å². The highest BCUT2D eigenvalue weighted by Crippen LogP contribution is 2.09. The van der Waals surface area contributed by atoms with Gasteiger partial charge in [-0.2, -0.15) is 0 Å². The van der Waals surface area contributed by atoms with E-state index in [-0.39, 0.29) is 24.5 Å². The molecule has 0 N–H and O–H groups in total. The molecular weight excluding hydrogens is 280 g/mol. The Bertz CT molecular complexity index is 459. The lowest BCUT2D eigenvalue weighted by Gasteiger charge is -2.34. The smallest absolute Gasteiger partial charge is 0.409 e. The van der Waals surface area contributed by atoms with E-state index in [2.05, 4.69) is 0 Å². The molecule has 0 aromatic heterocycles. The Morgan fingerprint density at radius 2 is 1.65 bits per heavy atom. The largest absolute Gasteiger partial charge is 0.448 e. The average Bonchev–Trinajstić information content (AvgIpc) is 2.53. The summed E-state index contributed by atoms with van der Waals surface area (Å²) in [7, 11) is 0. The highest BCUT2D eigenvalue weighted by molar-refractivity contribution is 6.18. The molecule has 1 fully saturated rings. The number of rotatable bonds is 3. The molecule has 1 saturated heterocycles. The number of nitrogens with zero attached hydrogens (tertiary/aromatic N) is 2. The summed E-state index contributed by atoms with van der Waals surface area (Å²) in [4.78, 5) is 27.2. The molecule has 2 amide bonds. The molecule has 5 nitrogen and oxygen atoms in total. The van der Waals surface area contributed by atoms with Crippen LogP contribution in [0.4, 0.5) is 4.79 Å². The predicted molar refractivity (Wildman–Crippen MR) is 76.0 cm³/mol. The molecule has 1 aromatic rings. The van der Waals surface area contributed by atoms with E-state index < -0.39 is 0 Å². The summed E-state index contributed by atoms with van der Waals surface area (Å²) in [6.45, 7) is 2.22. The number of hydrogen-bond acceptors (Lipinski definition) is 3. The predicted octanol–water partition coefficient (Wildman–Crippen LogP) is 1.82. The maximum absolute atomic E-state index is 12.2. The second-order valence-corrected chi connectivity index (χ2v) is 4.83. The van der Waals surface area contributed by atoms with Gasteiger partial charge in [-0.3, -0.25) is 4.79 Å². The zero-order chi connectivity index (χ0) is 14.4. The number of alkyl halides is 1. The van der Waals surface area contributed by atoms with Gasteiger partial charge in [-0.15, -0.1) is 11.6 Å². The first-order valence-corrected chi connectivity index (χ1v) is 7.08. The van der Waals surface area contributed by atoms with Crippen LogP contribution in [0.15, 0.2) is 30.3 Å². The molecule has 0 aliphatic carbocycles. The summed E-state index contributed by atoms with van der Waals surface area (Å²) in [5.74, 6) is 0.289. The molecule has 108 valence electrons. The van der Waals surface area contributed by atoms with Crippen LogP contribution < -0.4 is 0 Å². The first kappa shape index (κ1) is 14.7. The SMILES string of the molecule is O=C(OCCCl)N1CCN(C(=O)c2ccccc2)CC1. The second-order valence-electron chi connectivity index (χ2n) is 4.45. The van der Waals surface area contributed by atoms with Gasteiger partial charge in [0.25, 0.3) is 5.91 Å². The Morgan fingerprint density at radius 3 is 2.25 bits per heavy atom. The number of carbonyl (C=O) groups is 2. The van der Waals surface area contributed by atoms with Crippen molar-refractivity contribution in [3.8, 4) is 0 Å². The van der Waals surface area contributed by atoms with Gasteiger partial charge in [0, 0.05) is 31.7 Å². The first-order valence-electron chi connectivity index (χ1n) is 6.54. The Kier molecular flexibility index (Phi) is 5.24. The lowest BCUT2D eigenvalue weighted by Crippen LogP contribution is -2.50. The van der Waals surface area contributed by atoms with Gasteiger partial charge in [0.05, 0.1) is 5.88 Å². The molecule has 0 bridgehead atoms. The van der Waals surface area contributed by atoms with E-state index in [1.807, 2.05) is 18.2 Å². The van der Waals surface area contributed by atoms with Gasteiger partial charge in [-0.1, -0.05) is 18.2 Å². The van der Waals surface area contributed by atoms with Gasteiger partial charge >= 0.3 is 6.09 Å². The van der Waals surface area contributed by atoms with Crippen LogP contribution in [0.3, 0.4) is 0 Å². The minimum Gasteiger partial charge on any atom is -0.448 e. The number of amides is 2. The Hall–Kier alpha value is -1.75. The molecule has 0 saturated carbocycles. The normalized spacial score (nSPS) is 15.1. The minimum atomic E-state index is -0.363. The minimum absolute atomic E-state index is 0.000578. The van der Waals surface area contributed by atoms with Crippen molar-refractivity contribution in [1.82, 2.24) is 9.80 Å². The summed E-state index contributed by atoms with van der Waals surface area (Å²) in [6.07, 6.45) is -0.363. The molecule has 1 aliphatic rings. The zero-order valence-corrected chi connectivity index (χ0v) is 11.9. The lowest BCUT2D eigenvalue weighted by molar-refractivity contribution is 0.0572. The number of carbonyl (C=O) groups excluding carboxylic acids is 2. The molecule has 0 spiro atoms. The van der Waals surface area contributed by atoms with Crippen molar-refractivity contribution in [2.45, 2.75) is 0 Å². The Morgan fingerprint density at radius 1 is 1.05 bits per heavy atom. The molecule has 0 radical (unpaired) electrons. The third-order valence-electron chi connectivity index (χ3n) is 3.15. The summed E-state index contributed by atoms with van der Waals surface area (Å²) >= 11 is 5.47. The van der Waals surface area contributed by atoms with Crippen molar-refractivity contribution in [2.75, 3.05) is 38.7 Å². The molecule has 1 aliphatic heterocycles. The van der Waals surface area contributed by atoms with E-state index in [1.54, 1.807) is 21.9 Å². The quantitative estimate of drug-likeness (QED) is 0.800. The summed E-state index contributed by atoms with van der Waals surface area (Å²) < 4.78 is 4.96. The average molecular weight is 297 g/mol. The Labute approximate surface area is 123 Å². The number of piperazine rings is 1. The maximum Gasteiger partial charge on any atom is 0.409 e. The molecule has 0 unspecified atom stereocenters. The van der Waals surface area contributed by atoms with Crippen molar-refractivity contribution in [1.29, 1.82) is 0 Å². The molecule has 0 atom stereocenters. The van der Waals surface area contributed by atoms with E-state index >= 15 is 0 Å². The van der Waals surface area contributed by atoms with E-state index in [9.17, 15) is 9.59 Å². The van der Waals surface area contributed by atoms with Crippen LogP contribution >= 0.6 is 11.6 Å². The van der Waals surface area contributed by atoms with Crippen molar-refractivity contribution in [2.24, 2.45) is 0 Å². The van der Waals surface area contributed by atoms with Crippen LogP contribution in [-0.4, -0.2) is 60.5 Å². The van der Waals surface area contributed by atoms with Gasteiger partial charge in [0.15, 0.2) is 0 Å². The third-order valence-corrected chi connectivity index (χ3v) is 3.30. The zero-order valence-electron chi connectivity index (χ0n) is 11.1. The van der Waals surface area contributed by atoms with Crippen molar-refractivity contribution < 1.29 is 14.3 Å².